The summed E-state index contributed by atoms with van der Waals surface area (Å²) in [5, 5.41) is 0. The van der Waals surface area contributed by atoms with Crippen LogP contribution in [0.4, 0.5) is 0 Å². The molecule has 0 aliphatic rings. The van der Waals surface area contributed by atoms with Gasteiger partial charge in [0.2, 0.25) is 0 Å². The minimum atomic E-state index is 0.0334. The van der Waals surface area contributed by atoms with Crippen LogP contribution in [-0.4, -0.2) is 15.0 Å². The lowest BCUT2D eigenvalue weighted by Crippen LogP contribution is -2.16. The summed E-state index contributed by atoms with van der Waals surface area (Å²) < 4.78 is 0. The van der Waals surface area contributed by atoms with Gasteiger partial charge in [0.1, 0.15) is 0 Å². The summed E-state index contributed by atoms with van der Waals surface area (Å²) in [6.45, 7) is 27.3. The molecule has 0 aliphatic carbocycles. The summed E-state index contributed by atoms with van der Waals surface area (Å²) in [5.74, 6) is 0. The number of hydrogen-bond donors (Lipinski definition) is 0. The summed E-state index contributed by atoms with van der Waals surface area (Å²) in [6, 6.07) is 34.8. The smallest absolute Gasteiger partial charge is 0.0900 e. The molecule has 0 unspecified atom stereocenters. The van der Waals surface area contributed by atoms with Crippen LogP contribution in [0.5, 0.6) is 0 Å². The van der Waals surface area contributed by atoms with Crippen molar-refractivity contribution in [2.24, 2.45) is 0 Å². The van der Waals surface area contributed by atoms with Gasteiger partial charge in [0.15, 0.2) is 0 Å². The maximum absolute atomic E-state index is 5.41. The third kappa shape index (κ3) is 8.77. The van der Waals surface area contributed by atoms with Gasteiger partial charge in [-0.25, -0.2) is 4.98 Å². The first-order chi connectivity index (χ1) is 24.6. The Morgan fingerprint density at radius 1 is 0.340 bits per heavy atom. The highest BCUT2D eigenvalue weighted by atomic mass is 32.1. The van der Waals surface area contributed by atoms with Crippen LogP contribution in [0.3, 0.4) is 0 Å². The van der Waals surface area contributed by atoms with E-state index in [2.05, 4.69) is 168 Å². The summed E-state index contributed by atoms with van der Waals surface area (Å²) in [6.07, 6.45) is 3.96. The van der Waals surface area contributed by atoms with E-state index in [0.717, 1.165) is 49.9 Å². The van der Waals surface area contributed by atoms with Gasteiger partial charge in [0.05, 0.1) is 22.8 Å². The zero-order valence-electron chi connectivity index (χ0n) is 33.6. The molecule has 0 atom stereocenters. The van der Waals surface area contributed by atoms with Crippen LogP contribution in [0.15, 0.2) is 114 Å². The highest BCUT2D eigenvalue weighted by molar-refractivity contribution is 7.58. The highest BCUT2D eigenvalue weighted by Crippen LogP contribution is 2.37. The van der Waals surface area contributed by atoms with Crippen molar-refractivity contribution in [2.45, 2.75) is 110 Å². The number of benzene rings is 3. The van der Waals surface area contributed by atoms with Crippen molar-refractivity contribution < 1.29 is 0 Å². The largest absolute Gasteiger partial charge is 0.780 e. The summed E-state index contributed by atoms with van der Waals surface area (Å²) in [4.78, 5) is 16.0. The SMILES string of the molecule is CC(C)(C)c1cc(-c2ccc(-c3cc(-c4ccc([S-])cc4)cc(-c4ccc(-c5cc(C(C)(C)C)cc(C(C)(C)C)c5)cn4)n3)nc2)cc(C(C)(C)C)c1. The predicted molar refractivity (Wildman–Crippen MR) is 227 cm³/mol. The van der Waals surface area contributed by atoms with Crippen molar-refractivity contribution in [3.05, 3.63) is 132 Å². The maximum atomic E-state index is 5.41. The quantitative estimate of drug-likeness (QED) is 0.167. The van der Waals surface area contributed by atoms with Gasteiger partial charge in [0.25, 0.3) is 0 Å². The van der Waals surface area contributed by atoms with Crippen LogP contribution in [-0.2, 0) is 34.3 Å². The molecule has 53 heavy (non-hydrogen) atoms. The van der Waals surface area contributed by atoms with Crippen LogP contribution in [0.2, 0.25) is 0 Å². The lowest BCUT2D eigenvalue weighted by Gasteiger charge is -2.26. The predicted octanol–water partition coefficient (Wildman–Crippen LogP) is 13.3. The van der Waals surface area contributed by atoms with E-state index in [0.29, 0.717) is 0 Å². The Balaban J connectivity index is 1.41. The van der Waals surface area contributed by atoms with Crippen LogP contribution in [0, 0.1) is 0 Å². The van der Waals surface area contributed by atoms with Crippen molar-refractivity contribution in [1.82, 2.24) is 15.0 Å². The lowest BCUT2D eigenvalue weighted by molar-refractivity contribution is 0.568. The molecule has 0 amide bonds. The first-order valence-corrected chi connectivity index (χ1v) is 19.1. The fourth-order valence-corrected chi connectivity index (χ4v) is 6.50. The Morgan fingerprint density at radius 3 is 0.962 bits per heavy atom. The maximum Gasteiger partial charge on any atom is 0.0900 e. The third-order valence-corrected chi connectivity index (χ3v) is 10.3. The van der Waals surface area contributed by atoms with E-state index in [9.17, 15) is 0 Å². The van der Waals surface area contributed by atoms with Gasteiger partial charge in [-0.05, 0) is 90.4 Å². The van der Waals surface area contributed by atoms with Gasteiger partial charge < -0.3 is 12.6 Å². The van der Waals surface area contributed by atoms with Gasteiger partial charge >= 0.3 is 0 Å². The molecule has 0 fully saturated rings. The van der Waals surface area contributed by atoms with Gasteiger partial charge in [-0.1, -0.05) is 156 Å². The summed E-state index contributed by atoms with van der Waals surface area (Å²) >= 11 is 5.41. The third-order valence-electron chi connectivity index (χ3n) is 10.1. The van der Waals surface area contributed by atoms with E-state index in [1.165, 1.54) is 33.4 Å². The second-order valence-corrected chi connectivity index (χ2v) is 19.1. The molecular weight excluding hydrogens is 663 g/mol. The van der Waals surface area contributed by atoms with Crippen LogP contribution in [0.1, 0.15) is 105 Å². The van der Waals surface area contributed by atoms with Gasteiger partial charge in [-0.2, -0.15) is 4.90 Å². The Labute approximate surface area is 323 Å². The van der Waals surface area contributed by atoms with E-state index in [1.54, 1.807) is 0 Å². The highest BCUT2D eigenvalue weighted by Gasteiger charge is 2.23. The Hall–Kier alpha value is -4.67. The zero-order chi connectivity index (χ0) is 38.5. The van der Waals surface area contributed by atoms with Crippen molar-refractivity contribution in [3.8, 4) is 56.2 Å². The average Bonchev–Trinajstić information content (AvgIpc) is 3.10. The van der Waals surface area contributed by atoms with Gasteiger partial charge in [0, 0.05) is 23.5 Å². The fourth-order valence-electron chi connectivity index (χ4n) is 6.36. The van der Waals surface area contributed by atoms with Crippen LogP contribution >= 0.6 is 0 Å². The average molecular weight is 717 g/mol. The van der Waals surface area contributed by atoms with Crippen molar-refractivity contribution in [1.29, 1.82) is 0 Å². The molecule has 0 saturated carbocycles. The molecule has 0 N–H and O–H groups in total. The molecule has 6 aromatic rings. The Kier molecular flexibility index (Phi) is 10.0. The van der Waals surface area contributed by atoms with E-state index in [4.69, 9.17) is 27.6 Å². The molecule has 0 spiro atoms. The number of rotatable bonds is 5. The molecule has 3 nitrogen and oxygen atoms in total. The Morgan fingerprint density at radius 2 is 0.660 bits per heavy atom. The van der Waals surface area contributed by atoms with Gasteiger partial charge in [-0.15, -0.1) is 0 Å². The monoisotopic (exact) mass is 716 g/mol. The zero-order valence-corrected chi connectivity index (χ0v) is 34.5. The first kappa shape index (κ1) is 38.1. The van der Waals surface area contributed by atoms with Crippen LogP contribution in [0.25, 0.3) is 56.2 Å². The number of nitrogens with zero attached hydrogens (tertiary/aromatic N) is 3. The molecule has 3 aromatic carbocycles. The standard InChI is InChI=1S/C49H55N3S/c1-46(2,3)37-21-34(22-38(27-37)47(4,5)6)32-15-19-42(50-29-32)44-25-36(31-13-17-41(53)18-14-31)26-45(52-44)43-20-16-33(30-51-43)35-23-39(48(7,8)9)28-40(24-35)49(10,11)12/h13-30,53H,1-12H3/p-1. The minimum Gasteiger partial charge on any atom is -0.780 e. The molecule has 3 aromatic heterocycles. The number of hydrogen-bond acceptors (Lipinski definition) is 4. The van der Waals surface area contributed by atoms with E-state index < -0.39 is 0 Å². The normalized spacial score (nSPS) is 12.6. The second-order valence-electron chi connectivity index (χ2n) is 18.6. The number of pyridine rings is 3. The van der Waals surface area contributed by atoms with E-state index in [-0.39, 0.29) is 21.7 Å². The molecule has 0 bridgehead atoms. The minimum absolute atomic E-state index is 0.0334. The summed E-state index contributed by atoms with van der Waals surface area (Å²) in [5.41, 5.74) is 15.3. The van der Waals surface area contributed by atoms with Crippen molar-refractivity contribution >= 4 is 12.6 Å². The molecule has 6 rings (SSSR count). The molecule has 0 radical (unpaired) electrons. The molecule has 0 aliphatic heterocycles. The van der Waals surface area contributed by atoms with Crippen LogP contribution < -0.4 is 0 Å². The molecule has 0 saturated heterocycles. The second kappa shape index (κ2) is 14.0. The molecular formula is C49H54N3S-. The Bertz CT molecular complexity index is 2030. The topological polar surface area (TPSA) is 38.7 Å². The molecule has 3 heterocycles. The van der Waals surface area contributed by atoms with E-state index >= 15 is 0 Å². The van der Waals surface area contributed by atoms with Gasteiger partial charge in [-0.3, -0.25) is 9.97 Å². The van der Waals surface area contributed by atoms with Crippen molar-refractivity contribution in [2.75, 3.05) is 0 Å². The summed E-state index contributed by atoms with van der Waals surface area (Å²) in [7, 11) is 0. The fraction of sp³-hybridized carbons (Fsp3) is 0.327. The number of aromatic nitrogens is 3. The first-order valence-electron chi connectivity index (χ1n) is 18.7. The van der Waals surface area contributed by atoms with E-state index in [1.807, 2.05) is 24.5 Å². The molecule has 4 heteroatoms. The molecule has 272 valence electrons. The lowest BCUT2D eigenvalue weighted by atomic mass is 9.79. The van der Waals surface area contributed by atoms with Crippen molar-refractivity contribution in [3.63, 3.8) is 0 Å².